The summed E-state index contributed by atoms with van der Waals surface area (Å²) in [6.45, 7) is 6.54. The standard InChI is InChI=1S/C28H35NO5/c1-21-12-9-10-13-24(21)27(2,3)28(18-11-7-5-4-6-8-14-26(30)31)19-17-22-20-23(29(32)33)15-16-25(22)34-28/h9-10,12-13,15-17,19-20H,4-8,11,14,18H2,1-3H3,(H,30,31). The maximum absolute atomic E-state index is 11.2. The highest BCUT2D eigenvalue weighted by Gasteiger charge is 2.48. The SMILES string of the molecule is Cc1ccccc1C(C)(C)C1(CCCCCCCCC(=O)O)C=Cc2cc([N+](=O)[O-])ccc2O1. The van der Waals surface area contributed by atoms with E-state index in [1.54, 1.807) is 12.1 Å². The van der Waals surface area contributed by atoms with Crippen molar-refractivity contribution in [1.29, 1.82) is 0 Å². The van der Waals surface area contributed by atoms with Gasteiger partial charge in [0.25, 0.3) is 5.69 Å². The molecule has 3 rings (SSSR count). The van der Waals surface area contributed by atoms with E-state index in [4.69, 9.17) is 9.84 Å². The molecule has 1 aliphatic rings. The van der Waals surface area contributed by atoms with Crippen LogP contribution in [0.3, 0.4) is 0 Å². The Labute approximate surface area is 201 Å². The van der Waals surface area contributed by atoms with Crippen LogP contribution in [-0.2, 0) is 10.2 Å². The van der Waals surface area contributed by atoms with Gasteiger partial charge in [-0.15, -0.1) is 0 Å². The predicted octanol–water partition coefficient (Wildman–Crippen LogP) is 7.23. The number of unbranched alkanes of at least 4 members (excludes halogenated alkanes) is 5. The summed E-state index contributed by atoms with van der Waals surface area (Å²) in [5, 5.41) is 20.0. The van der Waals surface area contributed by atoms with Gasteiger partial charge in [0.15, 0.2) is 0 Å². The van der Waals surface area contributed by atoms with Crippen molar-refractivity contribution in [3.05, 3.63) is 75.3 Å². The van der Waals surface area contributed by atoms with Crippen LogP contribution in [0.15, 0.2) is 48.5 Å². The first-order valence-corrected chi connectivity index (χ1v) is 12.1. The number of fused-ring (bicyclic) bond motifs is 1. The summed E-state index contributed by atoms with van der Waals surface area (Å²) in [6.07, 6.45) is 10.9. The molecule has 2 aromatic carbocycles. The number of carboxylic acid groups (broad SMARTS) is 1. The highest BCUT2D eigenvalue weighted by atomic mass is 16.6. The highest BCUT2D eigenvalue weighted by Crippen LogP contribution is 2.47. The van der Waals surface area contributed by atoms with E-state index in [1.165, 1.54) is 17.2 Å². The number of benzene rings is 2. The van der Waals surface area contributed by atoms with Gasteiger partial charge in [-0.25, -0.2) is 0 Å². The van der Waals surface area contributed by atoms with Gasteiger partial charge in [-0.3, -0.25) is 14.9 Å². The van der Waals surface area contributed by atoms with Crippen LogP contribution in [-0.4, -0.2) is 21.6 Å². The number of aliphatic carboxylic acids is 1. The van der Waals surface area contributed by atoms with Crippen LogP contribution in [0.5, 0.6) is 5.75 Å². The van der Waals surface area contributed by atoms with E-state index in [9.17, 15) is 14.9 Å². The van der Waals surface area contributed by atoms with Gasteiger partial charge in [0.1, 0.15) is 11.4 Å². The van der Waals surface area contributed by atoms with Crippen molar-refractivity contribution in [2.45, 2.75) is 83.2 Å². The molecule has 34 heavy (non-hydrogen) atoms. The van der Waals surface area contributed by atoms with Crippen LogP contribution in [0.4, 0.5) is 5.69 Å². The number of aryl methyl sites for hydroxylation is 1. The van der Waals surface area contributed by atoms with Gasteiger partial charge in [0, 0.05) is 29.5 Å². The second kappa shape index (κ2) is 10.9. The second-order valence-electron chi connectivity index (χ2n) is 9.76. The van der Waals surface area contributed by atoms with Gasteiger partial charge in [-0.05, 0) is 49.5 Å². The molecule has 0 saturated carbocycles. The number of nitrogens with zero attached hydrogens (tertiary/aromatic N) is 1. The largest absolute Gasteiger partial charge is 0.482 e. The molecule has 1 aliphatic heterocycles. The van der Waals surface area contributed by atoms with Crippen LogP contribution >= 0.6 is 0 Å². The molecule has 0 radical (unpaired) electrons. The zero-order valence-electron chi connectivity index (χ0n) is 20.4. The molecular weight excluding hydrogens is 430 g/mol. The second-order valence-corrected chi connectivity index (χ2v) is 9.76. The lowest BCUT2D eigenvalue weighted by Gasteiger charge is -2.47. The van der Waals surface area contributed by atoms with E-state index < -0.39 is 11.6 Å². The summed E-state index contributed by atoms with van der Waals surface area (Å²) in [7, 11) is 0. The van der Waals surface area contributed by atoms with Gasteiger partial charge in [-0.1, -0.05) is 69.9 Å². The summed E-state index contributed by atoms with van der Waals surface area (Å²) in [4.78, 5) is 21.5. The van der Waals surface area contributed by atoms with E-state index in [2.05, 4.69) is 45.0 Å². The molecule has 0 spiro atoms. The van der Waals surface area contributed by atoms with Crippen LogP contribution in [0.25, 0.3) is 6.08 Å². The highest BCUT2D eigenvalue weighted by molar-refractivity contribution is 5.66. The zero-order chi connectivity index (χ0) is 24.8. The van der Waals surface area contributed by atoms with Gasteiger partial charge < -0.3 is 9.84 Å². The monoisotopic (exact) mass is 465 g/mol. The fraction of sp³-hybridized carbons (Fsp3) is 0.464. The summed E-state index contributed by atoms with van der Waals surface area (Å²) in [5.74, 6) is -0.0596. The molecule has 1 unspecified atom stereocenters. The van der Waals surface area contributed by atoms with Crippen molar-refractivity contribution in [3.63, 3.8) is 0 Å². The quantitative estimate of drug-likeness (QED) is 0.203. The van der Waals surface area contributed by atoms with E-state index in [-0.39, 0.29) is 22.4 Å². The molecule has 0 amide bonds. The molecule has 1 atom stereocenters. The third-order valence-electron chi connectivity index (χ3n) is 7.09. The number of non-ortho nitro benzene ring substituents is 1. The van der Waals surface area contributed by atoms with E-state index in [0.29, 0.717) is 5.75 Å². The molecule has 0 saturated heterocycles. The smallest absolute Gasteiger partial charge is 0.303 e. The topological polar surface area (TPSA) is 89.7 Å². The Morgan fingerprint density at radius 3 is 2.41 bits per heavy atom. The number of rotatable bonds is 12. The minimum absolute atomic E-state index is 0.0561. The van der Waals surface area contributed by atoms with Crippen molar-refractivity contribution in [2.24, 2.45) is 0 Å². The Morgan fingerprint density at radius 1 is 1.06 bits per heavy atom. The molecule has 1 N–H and O–H groups in total. The number of nitro benzene ring substituents is 1. The van der Waals surface area contributed by atoms with Crippen LogP contribution in [0, 0.1) is 17.0 Å². The molecule has 6 nitrogen and oxygen atoms in total. The number of hydrogen-bond donors (Lipinski definition) is 1. The Kier molecular flexibility index (Phi) is 8.13. The van der Waals surface area contributed by atoms with Crippen LogP contribution in [0.2, 0.25) is 0 Å². The molecule has 0 aromatic heterocycles. The number of hydrogen-bond acceptors (Lipinski definition) is 4. The first-order chi connectivity index (χ1) is 16.2. The Balaban J connectivity index is 1.79. The molecule has 182 valence electrons. The molecule has 0 fully saturated rings. The van der Waals surface area contributed by atoms with Gasteiger partial charge >= 0.3 is 5.97 Å². The minimum Gasteiger partial charge on any atom is -0.482 e. The predicted molar refractivity (Wildman–Crippen MR) is 134 cm³/mol. The number of carbonyl (C=O) groups is 1. The normalized spacial score (nSPS) is 17.1. The fourth-order valence-corrected chi connectivity index (χ4v) is 4.98. The zero-order valence-corrected chi connectivity index (χ0v) is 20.4. The Morgan fingerprint density at radius 2 is 1.74 bits per heavy atom. The molecular formula is C28H35NO5. The summed E-state index contributed by atoms with van der Waals surface area (Å²) in [6, 6.07) is 13.1. The molecule has 2 aromatic rings. The first kappa shape index (κ1) is 25.5. The Hall–Kier alpha value is -3.15. The van der Waals surface area contributed by atoms with Crippen molar-refractivity contribution >= 4 is 17.7 Å². The van der Waals surface area contributed by atoms with Crippen molar-refractivity contribution in [1.82, 2.24) is 0 Å². The number of carboxylic acids is 1. The molecule has 0 bridgehead atoms. The average molecular weight is 466 g/mol. The van der Waals surface area contributed by atoms with Gasteiger partial charge in [-0.2, -0.15) is 0 Å². The molecule has 0 aliphatic carbocycles. The lowest BCUT2D eigenvalue weighted by molar-refractivity contribution is -0.384. The van der Waals surface area contributed by atoms with Gasteiger partial charge in [0.05, 0.1) is 4.92 Å². The van der Waals surface area contributed by atoms with Crippen molar-refractivity contribution < 1.29 is 19.6 Å². The number of ether oxygens (including phenoxy) is 1. The van der Waals surface area contributed by atoms with Crippen molar-refractivity contribution in [2.75, 3.05) is 0 Å². The lowest BCUT2D eigenvalue weighted by atomic mass is 9.65. The maximum atomic E-state index is 11.2. The van der Waals surface area contributed by atoms with Crippen LogP contribution in [0.1, 0.15) is 81.9 Å². The Bertz CT molecular complexity index is 1060. The third kappa shape index (κ3) is 5.66. The van der Waals surface area contributed by atoms with E-state index >= 15 is 0 Å². The first-order valence-electron chi connectivity index (χ1n) is 12.1. The lowest BCUT2D eigenvalue weighted by Crippen LogP contribution is -2.52. The van der Waals surface area contributed by atoms with Crippen molar-refractivity contribution in [3.8, 4) is 5.75 Å². The van der Waals surface area contributed by atoms with E-state index in [0.717, 1.165) is 50.5 Å². The molecule has 6 heteroatoms. The minimum atomic E-state index is -0.729. The summed E-state index contributed by atoms with van der Waals surface area (Å²) >= 11 is 0. The third-order valence-corrected chi connectivity index (χ3v) is 7.09. The van der Waals surface area contributed by atoms with Crippen LogP contribution < -0.4 is 4.74 Å². The number of nitro groups is 1. The fourth-order valence-electron chi connectivity index (χ4n) is 4.98. The summed E-state index contributed by atoms with van der Waals surface area (Å²) < 4.78 is 6.73. The van der Waals surface area contributed by atoms with Gasteiger partial charge in [0.2, 0.25) is 0 Å². The summed E-state index contributed by atoms with van der Waals surface area (Å²) in [5.41, 5.74) is 2.28. The molecule has 1 heterocycles. The average Bonchev–Trinajstić information content (AvgIpc) is 2.80. The maximum Gasteiger partial charge on any atom is 0.303 e. The van der Waals surface area contributed by atoms with E-state index in [1.807, 2.05) is 12.1 Å².